The van der Waals surface area contributed by atoms with E-state index in [0.717, 1.165) is 18.0 Å². The fraction of sp³-hybridized carbons (Fsp3) is 0.515. The fourth-order valence-corrected chi connectivity index (χ4v) is 6.21. The molecule has 2 aliphatic rings. The summed E-state index contributed by atoms with van der Waals surface area (Å²) in [5.41, 5.74) is 0.415. The summed E-state index contributed by atoms with van der Waals surface area (Å²) in [6.07, 6.45) is 6.13. The number of rotatable bonds is 10. The maximum atomic E-state index is 16.0. The van der Waals surface area contributed by atoms with Crippen molar-refractivity contribution in [3.63, 3.8) is 0 Å². The number of alkyl halides is 2. The molecule has 0 saturated carbocycles. The van der Waals surface area contributed by atoms with Crippen LogP contribution in [0.1, 0.15) is 36.2 Å². The number of morpholine rings is 1. The Bertz CT molecular complexity index is 1560. The van der Waals surface area contributed by atoms with Crippen molar-refractivity contribution in [3.05, 3.63) is 53.6 Å². The molecular formula is C33H44F3N7O3S. The normalized spacial score (nSPS) is 19.6. The third-order valence-electron chi connectivity index (χ3n) is 8.58. The van der Waals surface area contributed by atoms with Gasteiger partial charge in [-0.1, -0.05) is 0 Å². The van der Waals surface area contributed by atoms with E-state index in [2.05, 4.69) is 57.8 Å². The van der Waals surface area contributed by atoms with Crippen molar-refractivity contribution in [2.45, 2.75) is 32.4 Å². The molecular weight excluding hydrogens is 631 g/mol. The Morgan fingerprint density at radius 1 is 1.09 bits per heavy atom. The number of hydrogen-bond acceptors (Lipinski definition) is 9. The molecule has 47 heavy (non-hydrogen) atoms. The molecule has 2 aliphatic heterocycles. The Hall–Kier alpha value is -3.62. The second-order valence-electron chi connectivity index (χ2n) is 13.0. The molecule has 3 aromatic rings. The van der Waals surface area contributed by atoms with E-state index < -0.39 is 33.7 Å². The topological polar surface area (TPSA) is 96.0 Å². The number of ether oxygens (including phenoxy) is 2. The third kappa shape index (κ3) is 8.46. The molecule has 2 fully saturated rings. The van der Waals surface area contributed by atoms with E-state index >= 15 is 4.39 Å². The molecule has 2 atom stereocenters. The molecule has 1 amide bonds. The minimum atomic E-state index is -2.95. The zero-order valence-electron chi connectivity index (χ0n) is 27.8. The van der Waals surface area contributed by atoms with Crippen molar-refractivity contribution in [2.75, 3.05) is 92.7 Å². The highest BCUT2D eigenvalue weighted by molar-refractivity contribution is 8.32. The molecule has 2 saturated heterocycles. The summed E-state index contributed by atoms with van der Waals surface area (Å²) in [6, 6.07) is 5.91. The van der Waals surface area contributed by atoms with Crippen molar-refractivity contribution in [1.82, 2.24) is 19.9 Å². The number of nitrogens with zero attached hydrogens (tertiary/aromatic N) is 6. The van der Waals surface area contributed by atoms with Crippen LogP contribution >= 0.6 is 10.0 Å². The first-order valence-electron chi connectivity index (χ1n) is 15.7. The standard InChI is InChI=1S/C33H44F3N7O3S/c1-21-19-43(20-22(2)41(21)3)29-17-26(34)24(27-7-8-37-33(40-27)42-9-11-45-12-10-42)15-28(29)39-32(44)25-18-38-30(16-23(25)31(35)36)46-13-14-47(4,5)6/h7-8,15-18,21-22,31H,9-14,19-20H2,1-6H3,(H,39,44)/t21-,22+. The smallest absolute Gasteiger partial charge is 0.264 e. The number of pyridine rings is 1. The number of anilines is 3. The van der Waals surface area contributed by atoms with Gasteiger partial charge in [-0.3, -0.25) is 9.69 Å². The molecule has 0 unspecified atom stereocenters. The fourth-order valence-electron chi connectivity index (χ4n) is 5.62. The second-order valence-corrected chi connectivity index (χ2v) is 17.6. The number of halogens is 3. The average Bonchev–Trinajstić information content (AvgIpc) is 3.03. The molecule has 10 nitrogen and oxygen atoms in total. The average molecular weight is 676 g/mol. The van der Waals surface area contributed by atoms with Gasteiger partial charge in [0.25, 0.3) is 12.3 Å². The van der Waals surface area contributed by atoms with Gasteiger partial charge in [-0.05, 0) is 57.9 Å². The molecule has 1 aromatic carbocycles. The maximum absolute atomic E-state index is 16.0. The molecule has 0 aliphatic carbocycles. The third-order valence-corrected chi connectivity index (χ3v) is 9.97. The molecule has 14 heteroatoms. The Morgan fingerprint density at radius 3 is 2.45 bits per heavy atom. The van der Waals surface area contributed by atoms with E-state index in [-0.39, 0.29) is 34.8 Å². The Morgan fingerprint density at radius 2 is 1.79 bits per heavy atom. The van der Waals surface area contributed by atoms with Crippen LogP contribution in [0.15, 0.2) is 36.7 Å². The van der Waals surface area contributed by atoms with E-state index in [1.807, 2.05) is 16.8 Å². The number of aromatic nitrogens is 3. The lowest BCUT2D eigenvalue weighted by Gasteiger charge is -2.44. The van der Waals surface area contributed by atoms with Gasteiger partial charge in [-0.2, -0.15) is 0 Å². The van der Waals surface area contributed by atoms with Crippen molar-refractivity contribution >= 4 is 33.3 Å². The number of nitrogens with one attached hydrogen (secondary N) is 1. The van der Waals surface area contributed by atoms with E-state index in [4.69, 9.17) is 9.47 Å². The predicted octanol–water partition coefficient (Wildman–Crippen LogP) is 5.31. The van der Waals surface area contributed by atoms with Gasteiger partial charge in [0, 0.05) is 73.6 Å². The second kappa shape index (κ2) is 14.7. The summed E-state index contributed by atoms with van der Waals surface area (Å²) in [6.45, 7) is 7.91. The Balaban J connectivity index is 1.50. The minimum Gasteiger partial charge on any atom is -0.477 e. The van der Waals surface area contributed by atoms with Crippen LogP contribution in [0.3, 0.4) is 0 Å². The summed E-state index contributed by atoms with van der Waals surface area (Å²) >= 11 is 0. The van der Waals surface area contributed by atoms with Crippen LogP contribution in [0, 0.1) is 5.82 Å². The van der Waals surface area contributed by atoms with Crippen molar-refractivity contribution in [3.8, 4) is 17.1 Å². The first-order valence-corrected chi connectivity index (χ1v) is 18.7. The van der Waals surface area contributed by atoms with Crippen LogP contribution in [-0.2, 0) is 4.74 Å². The van der Waals surface area contributed by atoms with Gasteiger partial charge in [-0.15, -0.1) is 0 Å². The number of hydrogen-bond donors (Lipinski definition) is 1. The molecule has 1 N–H and O–H groups in total. The van der Waals surface area contributed by atoms with Crippen LogP contribution in [0.25, 0.3) is 11.3 Å². The van der Waals surface area contributed by atoms with Crippen LogP contribution in [0.5, 0.6) is 5.88 Å². The Kier molecular flexibility index (Phi) is 10.8. The molecule has 0 bridgehead atoms. The van der Waals surface area contributed by atoms with Crippen molar-refractivity contribution in [2.24, 2.45) is 0 Å². The van der Waals surface area contributed by atoms with E-state index in [0.29, 0.717) is 63.3 Å². The quantitative estimate of drug-likeness (QED) is 0.307. The van der Waals surface area contributed by atoms with Gasteiger partial charge in [0.2, 0.25) is 11.8 Å². The van der Waals surface area contributed by atoms with Gasteiger partial charge in [0.1, 0.15) is 5.82 Å². The number of carbonyl (C=O) groups is 1. The first kappa shape index (κ1) is 34.7. The van der Waals surface area contributed by atoms with Crippen LogP contribution in [-0.4, -0.2) is 115 Å². The number of likely N-dealkylation sites (N-methyl/N-ethyl adjacent to an activating group) is 1. The highest BCUT2D eigenvalue weighted by Crippen LogP contribution is 2.37. The highest BCUT2D eigenvalue weighted by atomic mass is 32.3. The van der Waals surface area contributed by atoms with Crippen molar-refractivity contribution < 1.29 is 27.4 Å². The van der Waals surface area contributed by atoms with E-state index in [9.17, 15) is 13.6 Å². The molecule has 5 rings (SSSR count). The van der Waals surface area contributed by atoms with Crippen LogP contribution in [0.4, 0.5) is 30.5 Å². The SMILES string of the molecule is C[C@@H]1CN(c2cc(F)c(-c3ccnc(N4CCOCC4)n3)cc2NC(=O)c2cnc(OCCS(C)(C)C)cc2C(F)F)C[C@H](C)N1C. The zero-order valence-corrected chi connectivity index (χ0v) is 28.6. The van der Waals surface area contributed by atoms with E-state index in [1.165, 1.54) is 12.1 Å². The van der Waals surface area contributed by atoms with Crippen LogP contribution in [0.2, 0.25) is 0 Å². The number of amides is 1. The molecule has 256 valence electrons. The molecule has 4 heterocycles. The maximum Gasteiger partial charge on any atom is 0.264 e. The zero-order chi connectivity index (χ0) is 33.9. The van der Waals surface area contributed by atoms with Crippen molar-refractivity contribution in [1.29, 1.82) is 0 Å². The summed E-state index contributed by atoms with van der Waals surface area (Å²) in [4.78, 5) is 33.1. The minimum absolute atomic E-state index is 0.0329. The largest absolute Gasteiger partial charge is 0.477 e. The lowest BCUT2D eigenvalue weighted by atomic mass is 10.0. The number of benzene rings is 1. The molecule has 0 spiro atoms. The predicted molar refractivity (Wildman–Crippen MR) is 182 cm³/mol. The van der Waals surface area contributed by atoms with E-state index in [1.54, 1.807) is 12.3 Å². The molecule has 0 radical (unpaired) electrons. The Labute approximate surface area is 276 Å². The van der Waals surface area contributed by atoms with Gasteiger partial charge in [0.15, 0.2) is 0 Å². The summed E-state index contributed by atoms with van der Waals surface area (Å²) in [7, 11) is 1.19. The number of carbonyl (C=O) groups excluding carboxylic acids is 1. The van der Waals surface area contributed by atoms with Gasteiger partial charge in [0.05, 0.1) is 42.5 Å². The van der Waals surface area contributed by atoms with Crippen LogP contribution < -0.4 is 19.9 Å². The molecule has 2 aromatic heterocycles. The monoisotopic (exact) mass is 675 g/mol. The summed E-state index contributed by atoms with van der Waals surface area (Å²) in [5, 5.41) is 2.82. The van der Waals surface area contributed by atoms with Gasteiger partial charge < -0.3 is 24.6 Å². The highest BCUT2D eigenvalue weighted by Gasteiger charge is 2.30. The van der Waals surface area contributed by atoms with Gasteiger partial charge in [-0.25, -0.2) is 38.2 Å². The summed E-state index contributed by atoms with van der Waals surface area (Å²) in [5.74, 6) is -0.0621. The lowest BCUT2D eigenvalue weighted by Crippen LogP contribution is -2.55. The van der Waals surface area contributed by atoms with Gasteiger partial charge >= 0.3 is 0 Å². The first-order chi connectivity index (χ1) is 22.3. The summed E-state index contributed by atoms with van der Waals surface area (Å²) < 4.78 is 55.7. The lowest BCUT2D eigenvalue weighted by molar-refractivity contribution is 0.101. The number of piperazine rings is 1.